The fourth-order valence-corrected chi connectivity index (χ4v) is 1.31. The molecule has 0 fully saturated rings. The fourth-order valence-electron chi connectivity index (χ4n) is 1.31. The standard InChI is InChI=1S/C11H11FO3/c1-7-9(5-11(14)15-2)8(6-13)3-4-10(7)12/h3-4,6H,5H2,1-2H3. The van der Waals surface area contributed by atoms with Crippen LogP contribution >= 0.6 is 0 Å². The summed E-state index contributed by atoms with van der Waals surface area (Å²) >= 11 is 0. The first-order valence-electron chi connectivity index (χ1n) is 4.40. The van der Waals surface area contributed by atoms with Crippen LogP contribution in [-0.2, 0) is 16.0 Å². The lowest BCUT2D eigenvalue weighted by atomic mass is 9.99. The first kappa shape index (κ1) is 11.4. The lowest BCUT2D eigenvalue weighted by Gasteiger charge is -2.08. The van der Waals surface area contributed by atoms with E-state index in [1.807, 2.05) is 0 Å². The second kappa shape index (κ2) is 4.68. The minimum Gasteiger partial charge on any atom is -0.469 e. The van der Waals surface area contributed by atoms with Gasteiger partial charge < -0.3 is 4.74 Å². The third-order valence-corrected chi connectivity index (χ3v) is 2.24. The zero-order valence-corrected chi connectivity index (χ0v) is 8.54. The van der Waals surface area contributed by atoms with Crippen molar-refractivity contribution in [3.8, 4) is 0 Å². The highest BCUT2D eigenvalue weighted by Gasteiger charge is 2.13. The Morgan fingerprint density at radius 3 is 2.73 bits per heavy atom. The highest BCUT2D eigenvalue weighted by molar-refractivity contribution is 5.82. The molecule has 0 aliphatic heterocycles. The molecule has 1 rings (SSSR count). The van der Waals surface area contributed by atoms with Crippen molar-refractivity contribution in [2.24, 2.45) is 0 Å². The molecule has 0 aliphatic carbocycles. The SMILES string of the molecule is COC(=O)Cc1c(C=O)ccc(F)c1C. The van der Waals surface area contributed by atoms with Gasteiger partial charge in [-0.3, -0.25) is 9.59 Å². The van der Waals surface area contributed by atoms with Gasteiger partial charge in [0, 0.05) is 5.56 Å². The Kier molecular flexibility index (Phi) is 3.55. The third-order valence-electron chi connectivity index (χ3n) is 2.24. The number of ether oxygens (including phenoxy) is 1. The highest BCUT2D eigenvalue weighted by Crippen LogP contribution is 2.17. The van der Waals surface area contributed by atoms with Crippen LogP contribution in [0.5, 0.6) is 0 Å². The second-order valence-electron chi connectivity index (χ2n) is 3.11. The Balaban J connectivity index is 3.17. The Bertz CT molecular complexity index is 399. The van der Waals surface area contributed by atoms with Crippen LogP contribution in [0, 0.1) is 12.7 Å². The molecule has 4 heteroatoms. The number of rotatable bonds is 3. The maximum absolute atomic E-state index is 13.2. The van der Waals surface area contributed by atoms with Crippen LogP contribution in [0.3, 0.4) is 0 Å². The average molecular weight is 210 g/mol. The molecular weight excluding hydrogens is 199 g/mol. The highest BCUT2D eigenvalue weighted by atomic mass is 19.1. The Morgan fingerprint density at radius 1 is 1.53 bits per heavy atom. The van der Waals surface area contributed by atoms with Crippen molar-refractivity contribution in [3.05, 3.63) is 34.6 Å². The van der Waals surface area contributed by atoms with Gasteiger partial charge in [-0.15, -0.1) is 0 Å². The molecule has 0 N–H and O–H groups in total. The van der Waals surface area contributed by atoms with Gasteiger partial charge in [-0.05, 0) is 30.2 Å². The van der Waals surface area contributed by atoms with E-state index in [1.54, 1.807) is 0 Å². The summed E-state index contributed by atoms with van der Waals surface area (Å²) < 4.78 is 17.7. The molecule has 0 heterocycles. The molecule has 0 radical (unpaired) electrons. The van der Waals surface area contributed by atoms with Gasteiger partial charge in [0.05, 0.1) is 13.5 Å². The van der Waals surface area contributed by atoms with E-state index in [-0.39, 0.29) is 6.42 Å². The van der Waals surface area contributed by atoms with Crippen LogP contribution in [0.15, 0.2) is 12.1 Å². The molecule has 0 aliphatic rings. The van der Waals surface area contributed by atoms with Gasteiger partial charge in [-0.2, -0.15) is 0 Å². The summed E-state index contributed by atoms with van der Waals surface area (Å²) in [4.78, 5) is 21.7. The minimum atomic E-state index is -0.494. The summed E-state index contributed by atoms with van der Waals surface area (Å²) in [5.41, 5.74) is 1.01. The van der Waals surface area contributed by atoms with E-state index in [0.29, 0.717) is 23.0 Å². The molecule has 80 valence electrons. The number of carbonyl (C=O) groups excluding carboxylic acids is 2. The normalized spacial score (nSPS) is 9.80. The quantitative estimate of drug-likeness (QED) is 0.563. The molecule has 0 atom stereocenters. The number of carbonyl (C=O) groups is 2. The van der Waals surface area contributed by atoms with E-state index >= 15 is 0 Å². The number of aldehydes is 1. The molecule has 1 aromatic carbocycles. The summed E-state index contributed by atoms with van der Waals surface area (Å²) in [6, 6.07) is 2.56. The summed E-state index contributed by atoms with van der Waals surface area (Å²) in [7, 11) is 1.25. The van der Waals surface area contributed by atoms with Crippen LogP contribution in [0.1, 0.15) is 21.5 Å². The zero-order valence-electron chi connectivity index (χ0n) is 8.54. The fraction of sp³-hybridized carbons (Fsp3) is 0.273. The predicted octanol–water partition coefficient (Wildman–Crippen LogP) is 1.66. The lowest BCUT2D eigenvalue weighted by molar-refractivity contribution is -0.139. The summed E-state index contributed by atoms with van der Waals surface area (Å²) in [6.07, 6.45) is 0.513. The first-order valence-corrected chi connectivity index (χ1v) is 4.40. The summed E-state index contributed by atoms with van der Waals surface area (Å²) in [6.45, 7) is 1.53. The molecule has 3 nitrogen and oxygen atoms in total. The molecular formula is C11H11FO3. The summed E-state index contributed by atoms with van der Waals surface area (Å²) in [5, 5.41) is 0. The molecule has 1 aromatic rings. The number of hydrogen-bond donors (Lipinski definition) is 0. The lowest BCUT2D eigenvalue weighted by Crippen LogP contribution is -2.09. The second-order valence-corrected chi connectivity index (χ2v) is 3.11. The van der Waals surface area contributed by atoms with Crippen molar-refractivity contribution in [1.29, 1.82) is 0 Å². The largest absolute Gasteiger partial charge is 0.469 e. The predicted molar refractivity (Wildman–Crippen MR) is 52.2 cm³/mol. The van der Waals surface area contributed by atoms with Crippen molar-refractivity contribution >= 4 is 12.3 Å². The van der Waals surface area contributed by atoms with Crippen molar-refractivity contribution < 1.29 is 18.7 Å². The smallest absolute Gasteiger partial charge is 0.310 e. The minimum absolute atomic E-state index is 0.0891. The van der Waals surface area contributed by atoms with Crippen molar-refractivity contribution in [2.75, 3.05) is 7.11 Å². The maximum Gasteiger partial charge on any atom is 0.310 e. The van der Waals surface area contributed by atoms with E-state index < -0.39 is 11.8 Å². The van der Waals surface area contributed by atoms with Gasteiger partial charge in [-0.1, -0.05) is 0 Å². The van der Waals surface area contributed by atoms with Gasteiger partial charge in [0.25, 0.3) is 0 Å². The topological polar surface area (TPSA) is 43.4 Å². The van der Waals surface area contributed by atoms with E-state index in [9.17, 15) is 14.0 Å². The molecule has 0 bridgehead atoms. The van der Waals surface area contributed by atoms with Crippen LogP contribution in [-0.4, -0.2) is 19.4 Å². The molecule has 0 saturated carbocycles. The number of hydrogen-bond acceptors (Lipinski definition) is 3. The van der Waals surface area contributed by atoms with E-state index in [1.165, 1.54) is 26.2 Å². The monoisotopic (exact) mass is 210 g/mol. The molecule has 0 spiro atoms. The first-order chi connectivity index (χ1) is 7.10. The van der Waals surface area contributed by atoms with E-state index in [2.05, 4.69) is 4.74 Å². The van der Waals surface area contributed by atoms with Crippen LogP contribution in [0.25, 0.3) is 0 Å². The number of halogens is 1. The number of methoxy groups -OCH3 is 1. The van der Waals surface area contributed by atoms with E-state index in [0.717, 1.165) is 0 Å². The van der Waals surface area contributed by atoms with Gasteiger partial charge in [0.2, 0.25) is 0 Å². The van der Waals surface area contributed by atoms with Gasteiger partial charge in [-0.25, -0.2) is 4.39 Å². The van der Waals surface area contributed by atoms with Crippen LogP contribution in [0.4, 0.5) is 4.39 Å². The molecule has 0 unspecified atom stereocenters. The van der Waals surface area contributed by atoms with Gasteiger partial charge in [0.15, 0.2) is 0 Å². The van der Waals surface area contributed by atoms with E-state index in [4.69, 9.17) is 0 Å². The Labute approximate surface area is 86.9 Å². The summed E-state index contributed by atoms with van der Waals surface area (Å²) in [5.74, 6) is -0.925. The molecule has 15 heavy (non-hydrogen) atoms. The Morgan fingerprint density at radius 2 is 2.20 bits per heavy atom. The number of esters is 1. The van der Waals surface area contributed by atoms with Crippen molar-refractivity contribution in [1.82, 2.24) is 0 Å². The molecule has 0 amide bonds. The van der Waals surface area contributed by atoms with Gasteiger partial charge >= 0.3 is 5.97 Å². The van der Waals surface area contributed by atoms with Crippen LogP contribution in [0.2, 0.25) is 0 Å². The number of benzene rings is 1. The molecule has 0 aromatic heterocycles. The van der Waals surface area contributed by atoms with Crippen LogP contribution < -0.4 is 0 Å². The maximum atomic E-state index is 13.2. The van der Waals surface area contributed by atoms with Crippen molar-refractivity contribution in [3.63, 3.8) is 0 Å². The average Bonchev–Trinajstić information content (AvgIpc) is 2.25. The molecule has 0 saturated heterocycles. The van der Waals surface area contributed by atoms with Crippen molar-refractivity contribution in [2.45, 2.75) is 13.3 Å². The Hall–Kier alpha value is -1.71. The van der Waals surface area contributed by atoms with Gasteiger partial charge in [0.1, 0.15) is 12.1 Å². The third kappa shape index (κ3) is 2.40. The zero-order chi connectivity index (χ0) is 11.4.